The first-order chi connectivity index (χ1) is 7.67. The number of amides is 1. The molecule has 0 saturated carbocycles. The van der Waals surface area contributed by atoms with Crippen LogP contribution in [0.2, 0.25) is 0 Å². The van der Waals surface area contributed by atoms with Crippen molar-refractivity contribution in [1.29, 1.82) is 0 Å². The van der Waals surface area contributed by atoms with Gasteiger partial charge in [-0.3, -0.25) is 4.79 Å². The first kappa shape index (κ1) is 13.3. The fraction of sp³-hybridized carbons (Fsp3) is 0.364. The van der Waals surface area contributed by atoms with Gasteiger partial charge in [-0.25, -0.2) is 0 Å². The van der Waals surface area contributed by atoms with Crippen LogP contribution in [-0.2, 0) is 11.3 Å². The summed E-state index contributed by atoms with van der Waals surface area (Å²) in [7, 11) is 1.61. The normalized spacial score (nSPS) is 9.94. The van der Waals surface area contributed by atoms with Crippen molar-refractivity contribution in [3.8, 4) is 5.75 Å². The number of alkyl halides is 1. The third kappa shape index (κ3) is 4.02. The number of benzene rings is 1. The number of hydrogen-bond acceptors (Lipinski definition) is 2. The Hall–Kier alpha value is -0.740. The summed E-state index contributed by atoms with van der Waals surface area (Å²) in [5.41, 5.74) is 1.01. The van der Waals surface area contributed by atoms with Crippen molar-refractivity contribution in [2.75, 3.05) is 13.0 Å². The number of nitrogens with one attached hydrogen (secondary N) is 1. The molecule has 0 atom stereocenters. The van der Waals surface area contributed by atoms with Crippen LogP contribution in [0.4, 0.5) is 0 Å². The molecule has 1 rings (SSSR count). The highest BCUT2D eigenvalue weighted by molar-refractivity contribution is 9.10. The van der Waals surface area contributed by atoms with Crippen molar-refractivity contribution in [1.82, 2.24) is 5.32 Å². The van der Waals surface area contributed by atoms with Crippen molar-refractivity contribution in [3.63, 3.8) is 0 Å². The van der Waals surface area contributed by atoms with E-state index in [1.165, 1.54) is 0 Å². The van der Waals surface area contributed by atoms with Crippen molar-refractivity contribution < 1.29 is 9.53 Å². The standard InChI is InChI=1S/C11H13BrClNO2/c1-16-10-3-2-8(6-9(10)12)7-14-11(15)4-5-13/h2-3,6H,4-5,7H2,1H3,(H,14,15). The maximum atomic E-state index is 11.2. The van der Waals surface area contributed by atoms with E-state index in [1.807, 2.05) is 18.2 Å². The minimum Gasteiger partial charge on any atom is -0.496 e. The van der Waals surface area contributed by atoms with Crippen LogP contribution in [0.3, 0.4) is 0 Å². The molecular formula is C11H13BrClNO2. The molecule has 0 aliphatic heterocycles. The average Bonchev–Trinajstić information content (AvgIpc) is 2.27. The lowest BCUT2D eigenvalue weighted by Gasteiger charge is -2.07. The summed E-state index contributed by atoms with van der Waals surface area (Å²) >= 11 is 8.84. The lowest BCUT2D eigenvalue weighted by molar-refractivity contribution is -0.120. The molecule has 1 amide bonds. The van der Waals surface area contributed by atoms with E-state index in [0.29, 0.717) is 18.8 Å². The van der Waals surface area contributed by atoms with Crippen molar-refractivity contribution >= 4 is 33.4 Å². The second-order valence-corrected chi connectivity index (χ2v) is 4.42. The van der Waals surface area contributed by atoms with E-state index in [1.54, 1.807) is 7.11 Å². The van der Waals surface area contributed by atoms with E-state index in [4.69, 9.17) is 16.3 Å². The van der Waals surface area contributed by atoms with Gasteiger partial charge in [0.15, 0.2) is 0 Å². The maximum absolute atomic E-state index is 11.2. The van der Waals surface area contributed by atoms with Crippen LogP contribution >= 0.6 is 27.5 Å². The fourth-order valence-electron chi connectivity index (χ4n) is 1.19. The molecule has 0 aromatic heterocycles. The van der Waals surface area contributed by atoms with Gasteiger partial charge in [-0.1, -0.05) is 6.07 Å². The quantitative estimate of drug-likeness (QED) is 0.850. The number of ether oxygens (including phenoxy) is 1. The lowest BCUT2D eigenvalue weighted by atomic mass is 10.2. The first-order valence-corrected chi connectivity index (χ1v) is 6.15. The molecule has 1 aromatic carbocycles. The fourth-order valence-corrected chi connectivity index (χ4v) is 1.95. The SMILES string of the molecule is COc1ccc(CNC(=O)CCCl)cc1Br. The number of rotatable bonds is 5. The Morgan fingerprint density at radius 1 is 1.56 bits per heavy atom. The zero-order chi connectivity index (χ0) is 12.0. The largest absolute Gasteiger partial charge is 0.496 e. The number of halogens is 2. The van der Waals surface area contributed by atoms with Crippen LogP contribution in [0.25, 0.3) is 0 Å². The summed E-state index contributed by atoms with van der Waals surface area (Å²) in [5.74, 6) is 1.08. The molecule has 0 aliphatic carbocycles. The van der Waals surface area contributed by atoms with E-state index in [2.05, 4.69) is 21.2 Å². The molecule has 0 spiro atoms. The molecule has 1 aromatic rings. The molecule has 0 fully saturated rings. The highest BCUT2D eigenvalue weighted by Crippen LogP contribution is 2.25. The Labute approximate surface area is 108 Å². The molecule has 0 heterocycles. The predicted octanol–water partition coefficient (Wildman–Crippen LogP) is 2.70. The Bertz CT molecular complexity index is 371. The van der Waals surface area contributed by atoms with Gasteiger partial charge in [-0.2, -0.15) is 0 Å². The van der Waals surface area contributed by atoms with Gasteiger partial charge in [0.25, 0.3) is 0 Å². The summed E-state index contributed by atoms with van der Waals surface area (Å²) in [6, 6.07) is 5.68. The van der Waals surface area contributed by atoms with Gasteiger partial charge in [0.1, 0.15) is 5.75 Å². The molecule has 0 radical (unpaired) electrons. The lowest BCUT2D eigenvalue weighted by Crippen LogP contribution is -2.22. The predicted molar refractivity (Wildman–Crippen MR) is 67.9 cm³/mol. The van der Waals surface area contributed by atoms with Gasteiger partial charge in [0.05, 0.1) is 11.6 Å². The molecule has 3 nitrogen and oxygen atoms in total. The zero-order valence-corrected chi connectivity index (χ0v) is 11.3. The Morgan fingerprint density at radius 3 is 2.88 bits per heavy atom. The maximum Gasteiger partial charge on any atom is 0.221 e. The van der Waals surface area contributed by atoms with Crippen LogP contribution in [0, 0.1) is 0 Å². The minimum atomic E-state index is -0.0399. The van der Waals surface area contributed by atoms with Crippen LogP contribution in [0.15, 0.2) is 22.7 Å². The minimum absolute atomic E-state index is 0.0399. The third-order valence-electron chi connectivity index (χ3n) is 2.03. The summed E-state index contributed by atoms with van der Waals surface area (Å²) in [5, 5.41) is 2.78. The van der Waals surface area contributed by atoms with Gasteiger partial charge in [0, 0.05) is 18.8 Å². The highest BCUT2D eigenvalue weighted by atomic mass is 79.9. The van der Waals surface area contributed by atoms with Crippen molar-refractivity contribution in [3.05, 3.63) is 28.2 Å². The molecule has 0 aliphatic rings. The number of hydrogen-bond donors (Lipinski definition) is 1. The molecule has 88 valence electrons. The van der Waals surface area contributed by atoms with Crippen LogP contribution in [0.1, 0.15) is 12.0 Å². The Morgan fingerprint density at radius 2 is 2.31 bits per heavy atom. The van der Waals surface area contributed by atoms with Gasteiger partial charge >= 0.3 is 0 Å². The summed E-state index contributed by atoms with van der Waals surface area (Å²) in [6.07, 6.45) is 0.346. The van der Waals surface area contributed by atoms with E-state index in [0.717, 1.165) is 15.8 Å². The topological polar surface area (TPSA) is 38.3 Å². The van der Waals surface area contributed by atoms with E-state index in [-0.39, 0.29) is 5.91 Å². The van der Waals surface area contributed by atoms with E-state index < -0.39 is 0 Å². The van der Waals surface area contributed by atoms with Crippen LogP contribution < -0.4 is 10.1 Å². The van der Waals surface area contributed by atoms with Gasteiger partial charge in [-0.05, 0) is 33.6 Å². The van der Waals surface area contributed by atoms with E-state index >= 15 is 0 Å². The summed E-state index contributed by atoms with van der Waals surface area (Å²) in [4.78, 5) is 11.2. The molecule has 0 saturated heterocycles. The number of methoxy groups -OCH3 is 1. The molecule has 0 bridgehead atoms. The second kappa shape index (κ2) is 6.76. The average molecular weight is 307 g/mol. The molecular weight excluding hydrogens is 293 g/mol. The van der Waals surface area contributed by atoms with Gasteiger partial charge in [-0.15, -0.1) is 11.6 Å². The number of carbonyl (C=O) groups excluding carboxylic acids is 1. The second-order valence-electron chi connectivity index (χ2n) is 3.18. The highest BCUT2D eigenvalue weighted by Gasteiger charge is 2.03. The first-order valence-electron chi connectivity index (χ1n) is 4.82. The van der Waals surface area contributed by atoms with Gasteiger partial charge < -0.3 is 10.1 Å². The summed E-state index contributed by atoms with van der Waals surface area (Å²) < 4.78 is 5.99. The van der Waals surface area contributed by atoms with E-state index in [9.17, 15) is 4.79 Å². The summed E-state index contributed by atoms with van der Waals surface area (Å²) in [6.45, 7) is 0.498. The molecule has 0 unspecified atom stereocenters. The molecule has 16 heavy (non-hydrogen) atoms. The van der Waals surface area contributed by atoms with Gasteiger partial charge in [0.2, 0.25) is 5.91 Å². The van der Waals surface area contributed by atoms with Crippen LogP contribution in [0.5, 0.6) is 5.75 Å². The smallest absolute Gasteiger partial charge is 0.221 e. The zero-order valence-electron chi connectivity index (χ0n) is 8.93. The molecule has 5 heteroatoms. The van der Waals surface area contributed by atoms with Crippen molar-refractivity contribution in [2.24, 2.45) is 0 Å². The monoisotopic (exact) mass is 305 g/mol. The Kier molecular flexibility index (Phi) is 5.63. The third-order valence-corrected chi connectivity index (χ3v) is 2.84. The van der Waals surface area contributed by atoms with Crippen molar-refractivity contribution in [2.45, 2.75) is 13.0 Å². The Balaban J connectivity index is 2.55. The molecule has 1 N–H and O–H groups in total. The number of carbonyl (C=O) groups is 1. The van der Waals surface area contributed by atoms with Crippen LogP contribution in [-0.4, -0.2) is 18.9 Å².